The van der Waals surface area contributed by atoms with Gasteiger partial charge in [0.2, 0.25) is 0 Å². The molecule has 1 N–H and O–H groups in total. The molecule has 2 heterocycles. The van der Waals surface area contributed by atoms with E-state index < -0.39 is 10.9 Å². The maximum Gasteiger partial charge on any atom is 0.307 e. The Hall–Kier alpha value is -3.57. The van der Waals surface area contributed by atoms with Crippen LogP contribution in [0, 0.1) is 10.1 Å². The van der Waals surface area contributed by atoms with Gasteiger partial charge in [0.1, 0.15) is 11.3 Å². The summed E-state index contributed by atoms with van der Waals surface area (Å²) in [6.45, 7) is 0. The Bertz CT molecular complexity index is 1300. The molecular weight excluding hydrogens is 438 g/mol. The van der Waals surface area contributed by atoms with Crippen molar-refractivity contribution in [1.82, 2.24) is 19.7 Å². The summed E-state index contributed by atoms with van der Waals surface area (Å²) in [7, 11) is 1.75. The average Bonchev–Trinajstić information content (AvgIpc) is 3.34. The molecule has 0 atom stereocenters. The molecule has 11 heteroatoms. The zero-order chi connectivity index (χ0) is 22.0. The third kappa shape index (κ3) is 4.62. The number of carbonyl (C=O) groups is 1. The van der Waals surface area contributed by atoms with Crippen molar-refractivity contribution in [3.8, 4) is 0 Å². The summed E-state index contributed by atoms with van der Waals surface area (Å²) in [5, 5.41) is 29.8. The minimum Gasteiger partial charge on any atom is -0.481 e. The first-order valence-electron chi connectivity index (χ1n) is 8.99. The van der Waals surface area contributed by atoms with Gasteiger partial charge in [-0.2, -0.15) is 0 Å². The lowest BCUT2D eigenvalue weighted by Crippen LogP contribution is -1.97. The second-order valence-electron chi connectivity index (χ2n) is 6.54. The molecule has 0 saturated carbocycles. The highest BCUT2D eigenvalue weighted by Gasteiger charge is 2.19. The Balaban J connectivity index is 1.74. The minimum absolute atomic E-state index is 0.0966. The van der Waals surface area contributed by atoms with Gasteiger partial charge < -0.3 is 9.67 Å². The number of aryl methyl sites for hydroxylation is 1. The lowest BCUT2D eigenvalue weighted by molar-refractivity contribution is -0.387. The first-order valence-corrected chi connectivity index (χ1v) is 10.6. The Kier molecular flexibility index (Phi) is 5.78. The summed E-state index contributed by atoms with van der Waals surface area (Å²) in [6, 6.07) is 12.3. The van der Waals surface area contributed by atoms with E-state index in [4.69, 9.17) is 0 Å². The van der Waals surface area contributed by atoms with E-state index >= 15 is 0 Å². The number of rotatable bonds is 7. The van der Waals surface area contributed by atoms with Crippen molar-refractivity contribution < 1.29 is 14.8 Å². The number of benzene rings is 2. The summed E-state index contributed by atoms with van der Waals surface area (Å²) in [6.07, 6.45) is 2.90. The third-order valence-corrected chi connectivity index (χ3v) is 6.53. The van der Waals surface area contributed by atoms with E-state index in [2.05, 4.69) is 15.2 Å². The molecule has 0 spiro atoms. The number of hydrogen-bond donors (Lipinski definition) is 1. The van der Waals surface area contributed by atoms with Crippen LogP contribution in [0.4, 0.5) is 5.69 Å². The summed E-state index contributed by atoms with van der Waals surface area (Å²) in [4.78, 5) is 27.6. The molecule has 0 bridgehead atoms. The molecule has 4 rings (SSSR count). The second-order valence-corrected chi connectivity index (χ2v) is 8.58. The van der Waals surface area contributed by atoms with E-state index in [0.29, 0.717) is 26.2 Å². The number of para-hydroxylation sites is 1. The molecular formula is C20H15N5O4S2. The highest BCUT2D eigenvalue weighted by Crippen LogP contribution is 2.36. The number of carboxylic acid groups (broad SMARTS) is 1. The Morgan fingerprint density at radius 1 is 1.32 bits per heavy atom. The van der Waals surface area contributed by atoms with Gasteiger partial charge >= 0.3 is 5.97 Å². The fraction of sp³-hybridized carbons (Fsp3) is 0.100. The van der Waals surface area contributed by atoms with Crippen LogP contribution in [0.25, 0.3) is 21.9 Å². The fourth-order valence-corrected chi connectivity index (χ4v) is 4.71. The molecule has 0 radical (unpaired) electrons. The Morgan fingerprint density at radius 2 is 2.13 bits per heavy atom. The van der Waals surface area contributed by atoms with Crippen LogP contribution < -0.4 is 0 Å². The first kappa shape index (κ1) is 20.7. The zero-order valence-corrected chi connectivity index (χ0v) is 17.8. The van der Waals surface area contributed by atoms with E-state index in [1.54, 1.807) is 29.8 Å². The number of fused-ring (bicyclic) bond motifs is 1. The highest BCUT2D eigenvalue weighted by atomic mass is 32.2. The Labute approximate surface area is 184 Å². The third-order valence-electron chi connectivity index (χ3n) is 4.30. The van der Waals surface area contributed by atoms with Crippen LogP contribution in [-0.4, -0.2) is 35.7 Å². The van der Waals surface area contributed by atoms with Crippen LogP contribution in [0.1, 0.15) is 17.0 Å². The molecule has 2 aromatic heterocycles. The van der Waals surface area contributed by atoms with Gasteiger partial charge in [-0.15, -0.1) is 21.5 Å². The molecule has 0 fully saturated rings. The number of carboxylic acids is 1. The van der Waals surface area contributed by atoms with Crippen LogP contribution >= 0.6 is 23.1 Å². The predicted molar refractivity (Wildman–Crippen MR) is 118 cm³/mol. The SMILES string of the molecule is Cn1cnnc1Sc1ccc(C=C(CC(=O)O)c2nc3ccccc3s2)cc1[N+](=O)[O-]. The van der Waals surface area contributed by atoms with Gasteiger partial charge in [-0.25, -0.2) is 4.98 Å². The number of thiazole rings is 1. The van der Waals surface area contributed by atoms with Crippen LogP contribution in [0.15, 0.2) is 58.8 Å². The molecule has 0 amide bonds. The molecule has 0 aliphatic heterocycles. The highest BCUT2D eigenvalue weighted by molar-refractivity contribution is 7.99. The molecule has 0 saturated heterocycles. The first-order chi connectivity index (χ1) is 14.9. The number of aromatic nitrogens is 4. The van der Waals surface area contributed by atoms with Crippen molar-refractivity contribution in [1.29, 1.82) is 0 Å². The lowest BCUT2D eigenvalue weighted by Gasteiger charge is -2.05. The number of nitro groups is 1. The fourth-order valence-electron chi connectivity index (χ4n) is 2.88. The molecule has 4 aromatic rings. The molecule has 9 nitrogen and oxygen atoms in total. The van der Waals surface area contributed by atoms with E-state index in [1.807, 2.05) is 24.3 Å². The van der Waals surface area contributed by atoms with Gasteiger partial charge in [-0.05, 0) is 47.2 Å². The van der Waals surface area contributed by atoms with Gasteiger partial charge in [-0.1, -0.05) is 18.2 Å². The normalized spacial score (nSPS) is 11.7. The monoisotopic (exact) mass is 453 g/mol. The topological polar surface area (TPSA) is 124 Å². The molecule has 2 aromatic carbocycles. The van der Waals surface area contributed by atoms with Crippen LogP contribution in [-0.2, 0) is 11.8 Å². The van der Waals surface area contributed by atoms with Gasteiger partial charge in [0.25, 0.3) is 5.69 Å². The molecule has 0 unspecified atom stereocenters. The van der Waals surface area contributed by atoms with Crippen molar-refractivity contribution in [2.45, 2.75) is 16.5 Å². The van der Waals surface area contributed by atoms with Gasteiger partial charge in [0, 0.05) is 13.1 Å². The standard InChI is InChI=1S/C20H15N5O4S2/c1-24-11-21-23-20(24)31-17-7-6-12(9-15(17)25(28)29)8-13(10-18(26)27)19-22-14-4-2-3-5-16(14)30-19/h2-9,11H,10H2,1H3,(H,26,27). The number of nitrogens with zero attached hydrogens (tertiary/aromatic N) is 5. The van der Waals surface area contributed by atoms with Crippen molar-refractivity contribution in [3.05, 3.63) is 69.5 Å². The van der Waals surface area contributed by atoms with Crippen molar-refractivity contribution in [2.24, 2.45) is 7.05 Å². The van der Waals surface area contributed by atoms with E-state index in [9.17, 15) is 20.0 Å². The molecule has 0 aliphatic rings. The maximum absolute atomic E-state index is 11.7. The summed E-state index contributed by atoms with van der Waals surface area (Å²) in [5.74, 6) is -1.01. The van der Waals surface area contributed by atoms with Crippen LogP contribution in [0.2, 0.25) is 0 Å². The van der Waals surface area contributed by atoms with Gasteiger partial charge in [-0.3, -0.25) is 14.9 Å². The lowest BCUT2D eigenvalue weighted by atomic mass is 10.1. The molecule has 31 heavy (non-hydrogen) atoms. The van der Waals surface area contributed by atoms with Gasteiger partial charge in [0.15, 0.2) is 5.16 Å². The van der Waals surface area contributed by atoms with Gasteiger partial charge in [0.05, 0.1) is 26.5 Å². The Morgan fingerprint density at radius 3 is 2.81 bits per heavy atom. The summed E-state index contributed by atoms with van der Waals surface area (Å²) < 4.78 is 2.61. The van der Waals surface area contributed by atoms with Crippen molar-refractivity contribution in [3.63, 3.8) is 0 Å². The van der Waals surface area contributed by atoms with Crippen LogP contribution in [0.5, 0.6) is 0 Å². The van der Waals surface area contributed by atoms with E-state index in [-0.39, 0.29) is 12.1 Å². The quantitative estimate of drug-likeness (QED) is 0.320. The minimum atomic E-state index is -1.01. The number of aliphatic carboxylic acids is 1. The smallest absolute Gasteiger partial charge is 0.307 e. The zero-order valence-electron chi connectivity index (χ0n) is 16.1. The largest absolute Gasteiger partial charge is 0.481 e. The second kappa shape index (κ2) is 8.66. The van der Waals surface area contributed by atoms with Crippen molar-refractivity contribution in [2.75, 3.05) is 0 Å². The van der Waals surface area contributed by atoms with E-state index in [1.165, 1.54) is 23.7 Å². The molecule has 0 aliphatic carbocycles. The average molecular weight is 454 g/mol. The predicted octanol–water partition coefficient (Wildman–Crippen LogP) is 4.50. The number of nitro benzene ring substituents is 1. The summed E-state index contributed by atoms with van der Waals surface area (Å²) >= 11 is 2.52. The van der Waals surface area contributed by atoms with Crippen LogP contribution in [0.3, 0.4) is 0 Å². The maximum atomic E-state index is 11.7. The van der Waals surface area contributed by atoms with E-state index in [0.717, 1.165) is 22.0 Å². The summed E-state index contributed by atoms with van der Waals surface area (Å²) in [5.41, 5.74) is 1.68. The molecule has 156 valence electrons. The number of hydrogen-bond acceptors (Lipinski definition) is 8. The van der Waals surface area contributed by atoms with Crippen molar-refractivity contribution >= 4 is 56.6 Å².